The van der Waals surface area contributed by atoms with Crippen molar-refractivity contribution in [1.82, 2.24) is 5.32 Å². The van der Waals surface area contributed by atoms with Gasteiger partial charge in [-0.2, -0.15) is 0 Å². The summed E-state index contributed by atoms with van der Waals surface area (Å²) < 4.78 is 7.54. The molecular formula is C14H12Br2N2O2S. The smallest absolute Gasteiger partial charge is 0.255 e. The topological polar surface area (TPSA) is 64.4 Å². The van der Waals surface area contributed by atoms with E-state index in [1.807, 2.05) is 18.2 Å². The van der Waals surface area contributed by atoms with Gasteiger partial charge in [0.2, 0.25) is 0 Å². The van der Waals surface area contributed by atoms with Gasteiger partial charge in [0.1, 0.15) is 12.4 Å². The second kappa shape index (κ2) is 6.08. The maximum absolute atomic E-state index is 12.0. The zero-order valence-electron chi connectivity index (χ0n) is 10.9. The van der Waals surface area contributed by atoms with Crippen LogP contribution < -0.4 is 15.8 Å². The molecule has 4 nitrogen and oxygen atoms in total. The molecule has 1 atom stereocenters. The van der Waals surface area contributed by atoms with Crippen LogP contribution in [0.25, 0.3) is 0 Å². The number of nitrogens with one attached hydrogen (secondary N) is 1. The molecule has 7 heteroatoms. The van der Waals surface area contributed by atoms with Crippen molar-refractivity contribution in [2.75, 3.05) is 13.2 Å². The fraction of sp³-hybridized carbons (Fsp3) is 0.214. The Morgan fingerprint density at radius 2 is 2.14 bits per heavy atom. The molecule has 2 heterocycles. The lowest BCUT2D eigenvalue weighted by Crippen LogP contribution is -2.24. The van der Waals surface area contributed by atoms with Gasteiger partial charge in [-0.1, -0.05) is 6.07 Å². The highest BCUT2D eigenvalue weighted by atomic mass is 79.9. The molecule has 1 aliphatic heterocycles. The Labute approximate surface area is 142 Å². The second-order valence-corrected chi connectivity index (χ2v) is 8.37. The summed E-state index contributed by atoms with van der Waals surface area (Å²) >= 11 is 8.55. The molecule has 3 rings (SSSR count). The highest BCUT2D eigenvalue weighted by molar-refractivity contribution is 9.12. The summed E-state index contributed by atoms with van der Waals surface area (Å²) in [5.41, 5.74) is 8.73. The fourth-order valence-electron chi connectivity index (χ4n) is 2.21. The lowest BCUT2D eigenvalue weighted by atomic mass is 9.99. The largest absolute Gasteiger partial charge is 0.491 e. The Kier molecular flexibility index (Phi) is 4.35. The number of fused-ring (bicyclic) bond motifs is 1. The molecule has 2 aromatic rings. The monoisotopic (exact) mass is 430 g/mol. The predicted octanol–water partition coefficient (Wildman–Crippen LogP) is 3.44. The number of benzene rings is 1. The number of carbonyl (C=O) groups excluding carboxylic acids is 1. The van der Waals surface area contributed by atoms with Gasteiger partial charge >= 0.3 is 0 Å². The van der Waals surface area contributed by atoms with Gasteiger partial charge < -0.3 is 15.8 Å². The van der Waals surface area contributed by atoms with E-state index in [2.05, 4.69) is 37.2 Å². The number of rotatable bonds is 2. The summed E-state index contributed by atoms with van der Waals surface area (Å²) in [6, 6.07) is 7.20. The molecule has 1 unspecified atom stereocenters. The normalized spacial score (nSPS) is 15.7. The number of thiophene rings is 1. The van der Waals surface area contributed by atoms with Crippen LogP contribution in [0.1, 0.15) is 27.5 Å². The van der Waals surface area contributed by atoms with Crippen molar-refractivity contribution in [1.29, 1.82) is 0 Å². The summed E-state index contributed by atoms with van der Waals surface area (Å²) in [5, 5.41) is 2.80. The third-order valence-electron chi connectivity index (χ3n) is 3.27. The number of amides is 1. The fourth-order valence-corrected chi connectivity index (χ4v) is 5.14. The first kappa shape index (κ1) is 15.0. The number of carbonyl (C=O) groups is 1. The molecule has 110 valence electrons. The van der Waals surface area contributed by atoms with Crippen LogP contribution in [0, 0.1) is 0 Å². The Bertz CT molecular complexity index is 702. The van der Waals surface area contributed by atoms with E-state index < -0.39 is 0 Å². The molecule has 3 N–H and O–H groups in total. The number of hydrogen-bond acceptors (Lipinski definition) is 4. The van der Waals surface area contributed by atoms with Crippen molar-refractivity contribution in [3.63, 3.8) is 0 Å². The van der Waals surface area contributed by atoms with E-state index in [0.717, 1.165) is 18.7 Å². The number of nitrogens with two attached hydrogens (primary N) is 1. The lowest BCUT2D eigenvalue weighted by Gasteiger charge is -2.14. The van der Waals surface area contributed by atoms with E-state index in [1.54, 1.807) is 17.4 Å². The van der Waals surface area contributed by atoms with Gasteiger partial charge in [-0.05, 0) is 61.2 Å². The minimum absolute atomic E-state index is 0.123. The van der Waals surface area contributed by atoms with Crippen LogP contribution in [-0.2, 0) is 0 Å². The van der Waals surface area contributed by atoms with Gasteiger partial charge in [-0.15, -0.1) is 11.3 Å². The molecule has 0 fully saturated rings. The zero-order chi connectivity index (χ0) is 15.0. The highest BCUT2D eigenvalue weighted by Crippen LogP contribution is 2.37. The summed E-state index contributed by atoms with van der Waals surface area (Å²) in [7, 11) is 0. The molecule has 0 saturated heterocycles. The van der Waals surface area contributed by atoms with E-state index in [4.69, 9.17) is 10.5 Å². The van der Waals surface area contributed by atoms with Gasteiger partial charge in [0, 0.05) is 0 Å². The first-order valence-corrected chi connectivity index (χ1v) is 8.72. The summed E-state index contributed by atoms with van der Waals surface area (Å²) in [6.07, 6.45) is 0. The molecule has 1 amide bonds. The van der Waals surface area contributed by atoms with Crippen LogP contribution in [0.5, 0.6) is 5.75 Å². The quantitative estimate of drug-likeness (QED) is 0.765. The highest BCUT2D eigenvalue weighted by Gasteiger charge is 2.21. The van der Waals surface area contributed by atoms with Crippen LogP contribution in [0.4, 0.5) is 0 Å². The Morgan fingerprint density at radius 1 is 1.33 bits per heavy atom. The maximum Gasteiger partial charge on any atom is 0.255 e. The summed E-state index contributed by atoms with van der Waals surface area (Å²) in [4.78, 5) is 12.0. The van der Waals surface area contributed by atoms with Gasteiger partial charge in [0.15, 0.2) is 0 Å². The Morgan fingerprint density at radius 3 is 2.86 bits per heavy atom. The van der Waals surface area contributed by atoms with Crippen molar-refractivity contribution in [2.24, 2.45) is 5.73 Å². The molecule has 0 saturated carbocycles. The minimum Gasteiger partial charge on any atom is -0.491 e. The predicted molar refractivity (Wildman–Crippen MR) is 90.0 cm³/mol. The summed E-state index contributed by atoms with van der Waals surface area (Å²) in [5.74, 6) is 0.480. The Hall–Kier alpha value is -0.890. The van der Waals surface area contributed by atoms with E-state index >= 15 is 0 Å². The molecular weight excluding hydrogens is 420 g/mol. The average Bonchev–Trinajstić information content (AvgIpc) is 2.69. The second-order valence-electron chi connectivity index (χ2n) is 4.62. The first-order valence-electron chi connectivity index (χ1n) is 6.31. The van der Waals surface area contributed by atoms with E-state index in [-0.39, 0.29) is 11.9 Å². The van der Waals surface area contributed by atoms with Crippen molar-refractivity contribution in [3.8, 4) is 5.75 Å². The van der Waals surface area contributed by atoms with Crippen LogP contribution in [0.3, 0.4) is 0 Å². The summed E-state index contributed by atoms with van der Waals surface area (Å²) in [6.45, 7) is 0.991. The van der Waals surface area contributed by atoms with Crippen LogP contribution in [0.15, 0.2) is 31.8 Å². The van der Waals surface area contributed by atoms with Gasteiger partial charge in [-0.25, -0.2) is 0 Å². The van der Waals surface area contributed by atoms with Gasteiger partial charge in [0.25, 0.3) is 5.91 Å². The van der Waals surface area contributed by atoms with Crippen molar-refractivity contribution < 1.29 is 9.53 Å². The number of ether oxygens (including phenoxy) is 1. The SMILES string of the molecule is NC(c1ccc2c(c1)C(=O)NCCO2)c1cc(Br)sc1Br. The molecule has 21 heavy (non-hydrogen) atoms. The minimum atomic E-state index is -0.303. The molecule has 1 aliphatic rings. The number of halogens is 2. The lowest BCUT2D eigenvalue weighted by molar-refractivity contribution is 0.0957. The average molecular weight is 432 g/mol. The standard InChI is InChI=1S/C14H12Br2N2O2S/c15-11-6-9(13(16)21-11)12(17)7-1-2-10-8(5-7)14(19)18-3-4-20-10/h1-2,5-6,12H,3-4,17H2,(H,18,19). The Balaban J connectivity index is 2.00. The van der Waals surface area contributed by atoms with E-state index in [9.17, 15) is 4.79 Å². The van der Waals surface area contributed by atoms with Crippen LogP contribution >= 0.6 is 43.2 Å². The third-order valence-corrected chi connectivity index (χ3v) is 5.66. The van der Waals surface area contributed by atoms with Crippen molar-refractivity contribution >= 4 is 49.1 Å². The first-order chi connectivity index (χ1) is 10.1. The third kappa shape index (κ3) is 3.01. The molecule has 0 radical (unpaired) electrons. The van der Waals surface area contributed by atoms with Crippen molar-refractivity contribution in [3.05, 3.63) is 48.5 Å². The molecule has 1 aromatic carbocycles. The van der Waals surface area contributed by atoms with Gasteiger partial charge in [0.05, 0.1) is 25.7 Å². The molecule has 0 bridgehead atoms. The molecule has 0 spiro atoms. The van der Waals surface area contributed by atoms with Gasteiger partial charge in [-0.3, -0.25) is 4.79 Å². The van der Waals surface area contributed by atoms with Crippen LogP contribution in [0.2, 0.25) is 0 Å². The van der Waals surface area contributed by atoms with Crippen LogP contribution in [-0.4, -0.2) is 19.1 Å². The maximum atomic E-state index is 12.0. The molecule has 0 aliphatic carbocycles. The zero-order valence-corrected chi connectivity index (χ0v) is 14.8. The number of hydrogen-bond donors (Lipinski definition) is 2. The molecule has 1 aromatic heterocycles. The van der Waals surface area contributed by atoms with E-state index in [0.29, 0.717) is 24.5 Å². The van der Waals surface area contributed by atoms with E-state index in [1.165, 1.54) is 0 Å². The van der Waals surface area contributed by atoms with Crippen molar-refractivity contribution in [2.45, 2.75) is 6.04 Å².